The number of amides is 1. The maximum atomic E-state index is 12.1. The van der Waals surface area contributed by atoms with Crippen LogP contribution in [0.3, 0.4) is 0 Å². The van der Waals surface area contributed by atoms with Gasteiger partial charge in [0.1, 0.15) is 11.6 Å². The fourth-order valence-corrected chi connectivity index (χ4v) is 3.29. The third-order valence-electron chi connectivity index (χ3n) is 5.86. The predicted molar refractivity (Wildman–Crippen MR) is 141 cm³/mol. The molecule has 3 rings (SSSR count). The van der Waals surface area contributed by atoms with Crippen molar-refractivity contribution in [1.29, 1.82) is 5.41 Å². The first-order valence-corrected chi connectivity index (χ1v) is 11.4. The minimum absolute atomic E-state index is 0.0220. The molecule has 0 atom stereocenters. The SMILES string of the molecule is C=C(/N=C(/Nc1ccc(N)c(C=N)c1)C(C)=C(C)C)c1cccc(OCC(=O)NC2CCC2)c1. The Balaban J connectivity index is 1.76. The van der Waals surface area contributed by atoms with Gasteiger partial charge in [-0.25, -0.2) is 4.99 Å². The van der Waals surface area contributed by atoms with Gasteiger partial charge in [0.15, 0.2) is 6.61 Å². The summed E-state index contributed by atoms with van der Waals surface area (Å²) in [5, 5.41) is 13.8. The number of rotatable bonds is 9. The van der Waals surface area contributed by atoms with Crippen molar-refractivity contribution in [2.75, 3.05) is 17.7 Å². The van der Waals surface area contributed by atoms with Crippen LogP contribution in [0, 0.1) is 5.41 Å². The van der Waals surface area contributed by atoms with E-state index < -0.39 is 0 Å². The lowest BCUT2D eigenvalue weighted by Crippen LogP contribution is -2.41. The Kier molecular flexibility index (Phi) is 8.24. The first kappa shape index (κ1) is 24.8. The van der Waals surface area contributed by atoms with Gasteiger partial charge in [0.05, 0.1) is 5.70 Å². The van der Waals surface area contributed by atoms with Crippen molar-refractivity contribution in [2.24, 2.45) is 4.99 Å². The van der Waals surface area contributed by atoms with Crippen LogP contribution < -0.4 is 21.1 Å². The molecule has 0 saturated heterocycles. The molecule has 0 aromatic heterocycles. The Morgan fingerprint density at radius 3 is 2.65 bits per heavy atom. The number of amidine groups is 1. The third kappa shape index (κ3) is 6.57. The van der Waals surface area contributed by atoms with Crippen LogP contribution in [-0.4, -0.2) is 30.6 Å². The van der Waals surface area contributed by atoms with Crippen LogP contribution in [0.1, 0.15) is 51.2 Å². The fraction of sp³-hybridized carbons (Fsp3) is 0.296. The van der Waals surface area contributed by atoms with E-state index in [1.807, 2.05) is 57.2 Å². The van der Waals surface area contributed by atoms with E-state index in [4.69, 9.17) is 20.9 Å². The van der Waals surface area contributed by atoms with Crippen molar-refractivity contribution >= 4 is 35.0 Å². The van der Waals surface area contributed by atoms with Crippen LogP contribution in [-0.2, 0) is 4.79 Å². The highest BCUT2D eigenvalue weighted by Gasteiger charge is 2.19. The number of aliphatic imine (C=N–C) groups is 1. The zero-order chi connectivity index (χ0) is 24.7. The molecule has 1 saturated carbocycles. The van der Waals surface area contributed by atoms with Gasteiger partial charge in [-0.05, 0) is 75.9 Å². The maximum absolute atomic E-state index is 12.1. The Hall–Kier alpha value is -3.87. The number of nitrogens with zero attached hydrogens (tertiary/aromatic N) is 1. The summed E-state index contributed by atoms with van der Waals surface area (Å²) < 4.78 is 5.69. The van der Waals surface area contributed by atoms with Crippen LogP contribution in [0.15, 0.2) is 65.2 Å². The second-order valence-electron chi connectivity index (χ2n) is 8.66. The lowest BCUT2D eigenvalue weighted by molar-refractivity contribution is -0.124. The lowest BCUT2D eigenvalue weighted by Gasteiger charge is -2.26. The van der Waals surface area contributed by atoms with E-state index in [-0.39, 0.29) is 18.6 Å². The molecule has 2 aromatic carbocycles. The van der Waals surface area contributed by atoms with Gasteiger partial charge in [-0.2, -0.15) is 0 Å². The van der Waals surface area contributed by atoms with E-state index in [0.717, 1.165) is 35.2 Å². The van der Waals surface area contributed by atoms with Crippen molar-refractivity contribution in [3.8, 4) is 5.75 Å². The van der Waals surface area contributed by atoms with Gasteiger partial charge in [0.25, 0.3) is 5.91 Å². The Bertz CT molecular complexity index is 1140. The minimum atomic E-state index is -0.106. The van der Waals surface area contributed by atoms with Crippen LogP contribution >= 0.6 is 0 Å². The molecular weight excluding hydrogens is 426 g/mol. The van der Waals surface area contributed by atoms with Crippen molar-refractivity contribution in [3.05, 3.63) is 71.3 Å². The first-order valence-electron chi connectivity index (χ1n) is 11.4. The number of nitrogens with two attached hydrogens (primary N) is 1. The summed E-state index contributed by atoms with van der Waals surface area (Å²) in [6, 6.07) is 13.1. The summed E-state index contributed by atoms with van der Waals surface area (Å²) in [4.78, 5) is 16.8. The number of nitrogens with one attached hydrogen (secondary N) is 3. The second-order valence-corrected chi connectivity index (χ2v) is 8.66. The number of benzene rings is 2. The molecule has 34 heavy (non-hydrogen) atoms. The van der Waals surface area contributed by atoms with Crippen molar-refractivity contribution in [2.45, 2.75) is 46.1 Å². The molecule has 0 unspecified atom stereocenters. The number of allylic oxidation sites excluding steroid dienone is 1. The second kappa shape index (κ2) is 11.3. The molecule has 0 radical (unpaired) electrons. The monoisotopic (exact) mass is 459 g/mol. The maximum Gasteiger partial charge on any atom is 0.258 e. The highest BCUT2D eigenvalue weighted by Crippen LogP contribution is 2.23. The largest absolute Gasteiger partial charge is 0.484 e. The number of hydrogen-bond donors (Lipinski definition) is 4. The normalized spacial score (nSPS) is 13.4. The average Bonchev–Trinajstić information content (AvgIpc) is 2.80. The summed E-state index contributed by atoms with van der Waals surface area (Å²) in [6.45, 7) is 10.2. The number of anilines is 2. The Morgan fingerprint density at radius 1 is 1.24 bits per heavy atom. The van der Waals surface area contributed by atoms with E-state index in [0.29, 0.717) is 28.5 Å². The van der Waals surface area contributed by atoms with Crippen LogP contribution in [0.5, 0.6) is 5.75 Å². The quantitative estimate of drug-likeness (QED) is 0.236. The molecule has 1 aliphatic carbocycles. The summed E-state index contributed by atoms with van der Waals surface area (Å²) >= 11 is 0. The number of nitrogen functional groups attached to an aromatic ring is 1. The van der Waals surface area contributed by atoms with Crippen molar-refractivity contribution in [3.63, 3.8) is 0 Å². The molecule has 0 aliphatic heterocycles. The third-order valence-corrected chi connectivity index (χ3v) is 5.86. The summed E-state index contributed by atoms with van der Waals surface area (Å²) in [6.07, 6.45) is 4.48. The van der Waals surface area contributed by atoms with Gasteiger partial charge in [-0.1, -0.05) is 24.3 Å². The molecule has 0 bridgehead atoms. The highest BCUT2D eigenvalue weighted by atomic mass is 16.5. The molecule has 7 heteroatoms. The van der Waals surface area contributed by atoms with Gasteiger partial charge in [-0.15, -0.1) is 0 Å². The van der Waals surface area contributed by atoms with Crippen molar-refractivity contribution < 1.29 is 9.53 Å². The molecule has 178 valence electrons. The Labute approximate surface area is 201 Å². The van der Waals surface area contributed by atoms with Gasteiger partial charge >= 0.3 is 0 Å². The minimum Gasteiger partial charge on any atom is -0.484 e. The summed E-state index contributed by atoms with van der Waals surface area (Å²) in [7, 11) is 0. The molecule has 0 heterocycles. The van der Waals surface area contributed by atoms with Crippen LogP contribution in [0.2, 0.25) is 0 Å². The first-order chi connectivity index (χ1) is 16.3. The van der Waals surface area contributed by atoms with E-state index in [2.05, 4.69) is 17.2 Å². The smallest absolute Gasteiger partial charge is 0.258 e. The van der Waals surface area contributed by atoms with Crippen LogP contribution in [0.4, 0.5) is 11.4 Å². The average molecular weight is 460 g/mol. The standard InChI is InChI=1S/C27H33N5O2/c1-17(2)18(3)27(32-23-11-12-25(29)21(13-23)15-28)30-19(4)20-7-5-10-24(14-20)34-16-26(33)31-22-8-6-9-22/h5,7,10-15,22,28H,4,6,8-9,16,29H2,1-3H3,(H,30,32)(H,31,33). The summed E-state index contributed by atoms with van der Waals surface area (Å²) in [5.41, 5.74) is 11.3. The molecule has 1 aliphatic rings. The van der Waals surface area contributed by atoms with Gasteiger partial charge < -0.3 is 26.5 Å². The molecule has 1 amide bonds. The van der Waals surface area contributed by atoms with Gasteiger partial charge in [0, 0.05) is 34.8 Å². The number of hydrogen-bond acceptors (Lipinski definition) is 5. The Morgan fingerprint density at radius 2 is 2.00 bits per heavy atom. The molecule has 2 aromatic rings. The summed E-state index contributed by atoms with van der Waals surface area (Å²) in [5.74, 6) is 1.13. The lowest BCUT2D eigenvalue weighted by atomic mass is 9.93. The number of ether oxygens (including phenoxy) is 1. The van der Waals surface area contributed by atoms with Crippen LogP contribution in [0.25, 0.3) is 5.70 Å². The predicted octanol–water partition coefficient (Wildman–Crippen LogP) is 5.15. The molecule has 5 N–H and O–H groups in total. The van der Waals surface area contributed by atoms with E-state index in [1.54, 1.807) is 6.07 Å². The highest BCUT2D eigenvalue weighted by molar-refractivity contribution is 6.10. The molecular formula is C27H33N5O2. The van der Waals surface area contributed by atoms with E-state index >= 15 is 0 Å². The number of carbonyl (C=O) groups is 1. The van der Waals surface area contributed by atoms with Gasteiger partial charge in [0.2, 0.25) is 0 Å². The van der Waals surface area contributed by atoms with Crippen molar-refractivity contribution in [1.82, 2.24) is 5.32 Å². The van der Waals surface area contributed by atoms with Gasteiger partial charge in [-0.3, -0.25) is 4.79 Å². The fourth-order valence-electron chi connectivity index (χ4n) is 3.29. The zero-order valence-corrected chi connectivity index (χ0v) is 20.1. The zero-order valence-electron chi connectivity index (χ0n) is 20.1. The number of carbonyl (C=O) groups excluding carboxylic acids is 1. The molecule has 1 fully saturated rings. The topological polar surface area (TPSA) is 113 Å². The molecule has 0 spiro atoms. The van der Waals surface area contributed by atoms with E-state index in [1.165, 1.54) is 12.6 Å². The molecule has 7 nitrogen and oxygen atoms in total. The van der Waals surface area contributed by atoms with E-state index in [9.17, 15) is 4.79 Å².